The summed E-state index contributed by atoms with van der Waals surface area (Å²) in [7, 11) is 0. The standard InChI is InChI=1S/C32H38F2N8O4/c1-3-23(4-2)45-11-10-36-32(44)46-18-19-8-9-35-27(12-19)31(43)41-22-7-5-6-21(14-22)40-30-26(34)17-39-29(42-30)25-16-38-28-24(25)13-20(33)15-37-28/h8-9,12-13,15-17,21-23H,3-7,10-11,14,18H2,1-2H3,(H,36,44)(H,37,38)(H,41,43)(H,39,40,42)/t21-,22+/m1/s1. The molecule has 2 atom stereocenters. The van der Waals surface area contributed by atoms with Gasteiger partial charge in [0.15, 0.2) is 17.5 Å². The Bertz CT molecular complexity index is 1650. The van der Waals surface area contributed by atoms with Gasteiger partial charge >= 0.3 is 6.09 Å². The minimum absolute atomic E-state index is 0.0199. The number of hydrogen-bond donors (Lipinski definition) is 4. The molecule has 2 amide bonds. The summed E-state index contributed by atoms with van der Waals surface area (Å²) in [6, 6.07) is 4.24. The van der Waals surface area contributed by atoms with Gasteiger partial charge in [-0.25, -0.2) is 28.5 Å². The first-order valence-corrected chi connectivity index (χ1v) is 15.5. The Balaban J connectivity index is 1.13. The molecule has 0 unspecified atom stereocenters. The Morgan fingerprint density at radius 2 is 1.91 bits per heavy atom. The molecule has 1 aliphatic rings. The van der Waals surface area contributed by atoms with Crippen LogP contribution in [0.25, 0.3) is 22.4 Å². The van der Waals surface area contributed by atoms with Gasteiger partial charge < -0.3 is 30.4 Å². The number of halogens is 2. The summed E-state index contributed by atoms with van der Waals surface area (Å²) in [5.74, 6) is -1.23. The Morgan fingerprint density at radius 1 is 1.09 bits per heavy atom. The largest absolute Gasteiger partial charge is 0.445 e. The summed E-state index contributed by atoms with van der Waals surface area (Å²) >= 11 is 0. The molecular formula is C32H38F2N8O4. The van der Waals surface area contributed by atoms with E-state index in [4.69, 9.17) is 9.47 Å². The number of H-pyrrole nitrogens is 1. The van der Waals surface area contributed by atoms with Crippen LogP contribution in [0.5, 0.6) is 0 Å². The van der Waals surface area contributed by atoms with Crippen LogP contribution in [0.1, 0.15) is 68.4 Å². The zero-order valence-corrected chi connectivity index (χ0v) is 25.8. The van der Waals surface area contributed by atoms with E-state index in [9.17, 15) is 18.4 Å². The molecule has 0 aliphatic heterocycles. The number of pyridine rings is 2. The minimum Gasteiger partial charge on any atom is -0.445 e. The van der Waals surface area contributed by atoms with Crippen LogP contribution in [-0.2, 0) is 16.1 Å². The number of anilines is 1. The molecule has 0 bridgehead atoms. The first kappa shape index (κ1) is 32.7. The number of aromatic nitrogens is 5. The molecule has 46 heavy (non-hydrogen) atoms. The van der Waals surface area contributed by atoms with E-state index in [1.165, 1.54) is 12.3 Å². The van der Waals surface area contributed by atoms with Gasteiger partial charge in [0.25, 0.3) is 5.91 Å². The fourth-order valence-electron chi connectivity index (χ4n) is 5.46. The molecule has 1 saturated carbocycles. The van der Waals surface area contributed by atoms with Crippen LogP contribution in [0.3, 0.4) is 0 Å². The third kappa shape index (κ3) is 8.50. The molecular weight excluding hydrogens is 598 g/mol. The molecule has 4 aromatic heterocycles. The maximum atomic E-state index is 14.8. The van der Waals surface area contributed by atoms with E-state index in [0.717, 1.165) is 44.5 Å². The average Bonchev–Trinajstić information content (AvgIpc) is 3.48. The van der Waals surface area contributed by atoms with Crippen molar-refractivity contribution in [2.24, 2.45) is 0 Å². The van der Waals surface area contributed by atoms with E-state index < -0.39 is 17.7 Å². The Morgan fingerprint density at radius 3 is 2.74 bits per heavy atom. The van der Waals surface area contributed by atoms with Gasteiger partial charge in [-0.05, 0) is 62.3 Å². The van der Waals surface area contributed by atoms with Crippen LogP contribution >= 0.6 is 0 Å². The van der Waals surface area contributed by atoms with Crippen molar-refractivity contribution in [3.8, 4) is 11.4 Å². The summed E-state index contributed by atoms with van der Waals surface area (Å²) in [6.07, 6.45) is 9.56. The van der Waals surface area contributed by atoms with E-state index in [0.29, 0.717) is 41.7 Å². The number of fused-ring (bicyclic) bond motifs is 1. The average molecular weight is 637 g/mol. The van der Waals surface area contributed by atoms with Crippen molar-refractivity contribution < 1.29 is 27.8 Å². The predicted molar refractivity (Wildman–Crippen MR) is 167 cm³/mol. The highest BCUT2D eigenvalue weighted by Crippen LogP contribution is 2.28. The van der Waals surface area contributed by atoms with Gasteiger partial charge in [-0.2, -0.15) is 0 Å². The number of carbonyl (C=O) groups is 2. The van der Waals surface area contributed by atoms with Crippen molar-refractivity contribution in [2.75, 3.05) is 18.5 Å². The molecule has 1 aliphatic carbocycles. The molecule has 0 radical (unpaired) electrons. The lowest BCUT2D eigenvalue weighted by molar-refractivity contribution is 0.0489. The molecule has 0 saturated heterocycles. The number of hydrogen-bond acceptors (Lipinski definition) is 9. The summed E-state index contributed by atoms with van der Waals surface area (Å²) < 4.78 is 39.5. The molecule has 14 heteroatoms. The number of nitrogens with zero attached hydrogens (tertiary/aromatic N) is 4. The van der Waals surface area contributed by atoms with Crippen molar-refractivity contribution >= 4 is 28.9 Å². The topological polar surface area (TPSA) is 156 Å². The second-order valence-electron chi connectivity index (χ2n) is 11.2. The molecule has 244 valence electrons. The lowest BCUT2D eigenvalue weighted by atomic mass is 9.91. The number of ether oxygens (including phenoxy) is 2. The van der Waals surface area contributed by atoms with Gasteiger partial charge in [-0.15, -0.1) is 0 Å². The van der Waals surface area contributed by atoms with Crippen molar-refractivity contribution in [3.05, 3.63) is 65.9 Å². The predicted octanol–water partition coefficient (Wildman–Crippen LogP) is 5.28. The second kappa shape index (κ2) is 15.5. The van der Waals surface area contributed by atoms with Crippen molar-refractivity contribution in [3.63, 3.8) is 0 Å². The number of alkyl carbamates (subject to hydrolysis) is 1. The van der Waals surface area contributed by atoms with Gasteiger partial charge in [0.05, 0.1) is 25.1 Å². The third-order valence-corrected chi connectivity index (χ3v) is 7.90. The van der Waals surface area contributed by atoms with Gasteiger partial charge in [0, 0.05) is 42.0 Å². The Kier molecular flexibility index (Phi) is 11.0. The van der Waals surface area contributed by atoms with Gasteiger partial charge in [0.1, 0.15) is 23.8 Å². The van der Waals surface area contributed by atoms with Crippen molar-refractivity contribution in [1.82, 2.24) is 35.6 Å². The Hall–Kier alpha value is -4.72. The normalized spacial score (nSPS) is 16.4. The molecule has 5 rings (SSSR count). The maximum absolute atomic E-state index is 14.8. The fourth-order valence-corrected chi connectivity index (χ4v) is 5.46. The molecule has 4 heterocycles. The maximum Gasteiger partial charge on any atom is 0.407 e. The SMILES string of the molecule is CCC(CC)OCCNC(=O)OCc1ccnc(C(=O)N[C@H]2CCC[C@@H](Nc3nc(-c4c[nH]c5ncc(F)cc45)ncc3F)C2)c1. The van der Waals surface area contributed by atoms with E-state index >= 15 is 0 Å². The van der Waals surface area contributed by atoms with Crippen LogP contribution in [-0.4, -0.2) is 68.3 Å². The zero-order valence-electron chi connectivity index (χ0n) is 25.8. The number of aromatic amines is 1. The van der Waals surface area contributed by atoms with E-state index in [1.54, 1.807) is 18.3 Å². The smallest absolute Gasteiger partial charge is 0.407 e. The van der Waals surface area contributed by atoms with E-state index in [2.05, 4.69) is 54.7 Å². The van der Waals surface area contributed by atoms with E-state index in [-0.39, 0.29) is 48.0 Å². The van der Waals surface area contributed by atoms with Crippen LogP contribution < -0.4 is 16.0 Å². The summed E-state index contributed by atoms with van der Waals surface area (Å²) in [6.45, 7) is 4.83. The van der Waals surface area contributed by atoms with Crippen molar-refractivity contribution in [2.45, 2.75) is 77.2 Å². The third-order valence-electron chi connectivity index (χ3n) is 7.90. The molecule has 4 aromatic rings. The Labute approximate surface area is 265 Å². The monoisotopic (exact) mass is 636 g/mol. The van der Waals surface area contributed by atoms with Crippen LogP contribution in [0.2, 0.25) is 0 Å². The number of rotatable bonds is 13. The number of carbonyl (C=O) groups excluding carboxylic acids is 2. The van der Waals surface area contributed by atoms with Crippen molar-refractivity contribution in [1.29, 1.82) is 0 Å². The first-order valence-electron chi connectivity index (χ1n) is 15.5. The molecule has 0 aromatic carbocycles. The lowest BCUT2D eigenvalue weighted by Gasteiger charge is -2.30. The fraction of sp³-hybridized carbons (Fsp3) is 0.438. The van der Waals surface area contributed by atoms with Crippen LogP contribution in [0, 0.1) is 11.6 Å². The molecule has 1 fully saturated rings. The summed E-state index contributed by atoms with van der Waals surface area (Å²) in [5.41, 5.74) is 1.79. The number of amides is 2. The van der Waals surface area contributed by atoms with Crippen LogP contribution in [0.15, 0.2) is 43.0 Å². The van der Waals surface area contributed by atoms with E-state index in [1.807, 2.05) is 0 Å². The molecule has 4 N–H and O–H groups in total. The summed E-state index contributed by atoms with van der Waals surface area (Å²) in [4.78, 5) is 44.8. The van der Waals surface area contributed by atoms with Gasteiger partial charge in [-0.1, -0.05) is 13.8 Å². The highest BCUT2D eigenvalue weighted by atomic mass is 19.1. The first-order chi connectivity index (χ1) is 22.3. The van der Waals surface area contributed by atoms with Gasteiger partial charge in [0.2, 0.25) is 0 Å². The van der Waals surface area contributed by atoms with Crippen LogP contribution in [0.4, 0.5) is 19.4 Å². The minimum atomic E-state index is -0.620. The summed E-state index contributed by atoms with van der Waals surface area (Å²) in [5, 5.41) is 9.33. The number of nitrogens with one attached hydrogen (secondary N) is 4. The molecule has 12 nitrogen and oxygen atoms in total. The quantitative estimate of drug-likeness (QED) is 0.144. The molecule has 0 spiro atoms. The zero-order chi connectivity index (χ0) is 32.5. The highest BCUT2D eigenvalue weighted by molar-refractivity contribution is 5.93. The highest BCUT2D eigenvalue weighted by Gasteiger charge is 2.26. The van der Waals surface area contributed by atoms with Gasteiger partial charge in [-0.3, -0.25) is 9.78 Å². The second-order valence-corrected chi connectivity index (χ2v) is 11.2. The lowest BCUT2D eigenvalue weighted by Crippen LogP contribution is -2.42.